The molecule has 0 saturated heterocycles. The lowest BCUT2D eigenvalue weighted by atomic mass is 9.79. The highest BCUT2D eigenvalue weighted by atomic mass is 127. The van der Waals surface area contributed by atoms with Crippen molar-refractivity contribution in [1.29, 1.82) is 0 Å². The highest BCUT2D eigenvalue weighted by molar-refractivity contribution is 14.1. The quantitative estimate of drug-likeness (QED) is 0.329. The summed E-state index contributed by atoms with van der Waals surface area (Å²) in [7, 11) is 1.47. The number of aromatic nitrogens is 3. The van der Waals surface area contributed by atoms with Gasteiger partial charge in [0.25, 0.3) is 5.56 Å². The van der Waals surface area contributed by atoms with Gasteiger partial charge in [-0.2, -0.15) is 5.10 Å². The van der Waals surface area contributed by atoms with E-state index in [1.807, 2.05) is 0 Å². The first kappa shape index (κ1) is 23.7. The predicted molar refractivity (Wildman–Crippen MR) is 121 cm³/mol. The van der Waals surface area contributed by atoms with Crippen molar-refractivity contribution < 1.29 is 17.0 Å². The minimum atomic E-state index is -1.50. The molecule has 1 fully saturated rings. The summed E-state index contributed by atoms with van der Waals surface area (Å²) >= 11 is -1.50. The van der Waals surface area contributed by atoms with E-state index in [1.54, 1.807) is 6.20 Å². The lowest BCUT2D eigenvalue weighted by molar-refractivity contribution is -0.119. The Morgan fingerprint density at radius 3 is 2.84 bits per heavy atom. The predicted octanol–water partition coefficient (Wildman–Crippen LogP) is 2.90. The van der Waals surface area contributed by atoms with Gasteiger partial charge in [0.05, 0.1) is 18.5 Å². The molecule has 1 aliphatic rings. The lowest BCUT2D eigenvalue weighted by Gasteiger charge is -2.30. The largest absolute Gasteiger partial charge is 0.382 e. The van der Waals surface area contributed by atoms with Gasteiger partial charge in [0.2, 0.25) is 27.4 Å². The molecule has 0 aliphatic heterocycles. The zero-order valence-corrected chi connectivity index (χ0v) is 19.6. The van der Waals surface area contributed by atoms with Gasteiger partial charge in [0, 0.05) is 25.1 Å². The first-order valence-corrected chi connectivity index (χ1v) is 12.1. The third-order valence-corrected chi connectivity index (χ3v) is 6.67. The second kappa shape index (κ2) is 11.0. The van der Waals surface area contributed by atoms with Gasteiger partial charge >= 0.3 is 0 Å². The van der Waals surface area contributed by atoms with Crippen LogP contribution in [0.1, 0.15) is 44.2 Å². The van der Waals surface area contributed by atoms with E-state index in [-0.39, 0.29) is 24.0 Å². The van der Waals surface area contributed by atoms with Crippen LogP contribution in [0, 0.1) is 17.7 Å². The molecule has 2 atom stereocenters. The SMILES string of the molecule is COCC(c1cc(F)c[nH]c1=O)n1cc(NC(=O)[C@@H](NI=O)C2CCC(C)CC2)cn1. The Bertz CT molecular complexity index is 957. The van der Waals surface area contributed by atoms with Crippen molar-refractivity contribution in [3.8, 4) is 0 Å². The Kier molecular flexibility index (Phi) is 8.43. The lowest BCUT2D eigenvalue weighted by Crippen LogP contribution is -2.43. The van der Waals surface area contributed by atoms with Crippen molar-refractivity contribution in [3.05, 3.63) is 46.4 Å². The Morgan fingerprint density at radius 1 is 1.42 bits per heavy atom. The molecule has 1 saturated carbocycles. The molecule has 1 amide bonds. The van der Waals surface area contributed by atoms with Crippen LogP contribution in [0.25, 0.3) is 0 Å². The van der Waals surface area contributed by atoms with Crippen molar-refractivity contribution >= 4 is 33.1 Å². The van der Waals surface area contributed by atoms with Crippen LogP contribution >= 0.6 is 21.5 Å². The number of methoxy groups -OCH3 is 1. The van der Waals surface area contributed by atoms with Crippen molar-refractivity contribution in [3.63, 3.8) is 0 Å². The summed E-state index contributed by atoms with van der Waals surface area (Å²) in [5.74, 6) is -0.0645. The summed E-state index contributed by atoms with van der Waals surface area (Å²) in [4.78, 5) is 27.4. The Labute approximate surface area is 190 Å². The van der Waals surface area contributed by atoms with Crippen LogP contribution in [0.5, 0.6) is 0 Å². The van der Waals surface area contributed by atoms with Crippen molar-refractivity contribution in [2.75, 3.05) is 19.0 Å². The van der Waals surface area contributed by atoms with E-state index in [1.165, 1.54) is 18.0 Å². The summed E-state index contributed by atoms with van der Waals surface area (Å²) in [5.41, 5.74) is 0.147. The van der Waals surface area contributed by atoms with Crippen molar-refractivity contribution in [2.45, 2.75) is 44.7 Å². The molecule has 0 radical (unpaired) electrons. The van der Waals surface area contributed by atoms with Gasteiger partial charge in [-0.25, -0.2) is 7.92 Å². The molecule has 170 valence electrons. The number of amides is 1. The maximum Gasteiger partial charge on any atom is 0.253 e. The van der Waals surface area contributed by atoms with Gasteiger partial charge in [-0.3, -0.25) is 17.3 Å². The molecule has 3 N–H and O–H groups in total. The first-order valence-electron chi connectivity index (χ1n) is 10.2. The maximum atomic E-state index is 13.7. The molecule has 2 aromatic heterocycles. The van der Waals surface area contributed by atoms with E-state index >= 15 is 0 Å². The Hall–Kier alpha value is -1.99. The molecule has 31 heavy (non-hydrogen) atoms. The zero-order chi connectivity index (χ0) is 22.4. The maximum absolute atomic E-state index is 13.7. The fourth-order valence-corrected chi connectivity index (χ4v) is 5.07. The highest BCUT2D eigenvalue weighted by Gasteiger charge is 2.31. The third kappa shape index (κ3) is 6.04. The first-order chi connectivity index (χ1) is 14.9. The molecule has 2 heterocycles. The highest BCUT2D eigenvalue weighted by Crippen LogP contribution is 2.31. The number of nitrogens with zero attached hydrogens (tertiary/aromatic N) is 2. The molecular weight excluding hydrogens is 520 g/mol. The standard InChI is InChI=1S/C20H27FIN5O4/c1-12-3-5-13(6-4-12)18(26-22-30)20(29)25-15-9-24-27(10-15)17(11-31-2)16-7-14(21)8-23-19(16)28/h7-10,12-13,17-18H,3-6,11H2,1-2H3,(H,23,28)(H,25,29)(H,26,30)/t12?,13?,17?,18-/m0/s1. The summed E-state index contributed by atoms with van der Waals surface area (Å²) < 4.78 is 34.5. The molecule has 1 aliphatic carbocycles. The molecule has 3 rings (SSSR count). The zero-order valence-electron chi connectivity index (χ0n) is 17.4. The summed E-state index contributed by atoms with van der Waals surface area (Å²) in [6.07, 6.45) is 7.93. The molecule has 11 heteroatoms. The topological polar surface area (TPSA) is 118 Å². The van der Waals surface area contributed by atoms with Gasteiger partial charge in [0.1, 0.15) is 17.9 Å². The number of pyridine rings is 1. The number of nitrogens with one attached hydrogen (secondary N) is 3. The van der Waals surface area contributed by atoms with Gasteiger partial charge < -0.3 is 15.0 Å². The van der Waals surface area contributed by atoms with Crippen molar-refractivity contribution in [2.24, 2.45) is 11.8 Å². The van der Waals surface area contributed by atoms with Crippen LogP contribution in [0.3, 0.4) is 0 Å². The minimum absolute atomic E-state index is 0.0899. The molecule has 1 unspecified atom stereocenters. The summed E-state index contributed by atoms with van der Waals surface area (Å²) in [6.45, 7) is 2.29. The fourth-order valence-electron chi connectivity index (χ4n) is 4.00. The molecule has 0 spiro atoms. The third-order valence-electron chi connectivity index (χ3n) is 5.75. The second-order valence-electron chi connectivity index (χ2n) is 7.96. The Balaban J connectivity index is 1.76. The monoisotopic (exact) mass is 547 g/mol. The van der Waals surface area contributed by atoms with Crippen LogP contribution in [0.15, 0.2) is 29.5 Å². The Morgan fingerprint density at radius 2 is 2.16 bits per heavy atom. The smallest absolute Gasteiger partial charge is 0.253 e. The number of halogens is 2. The number of anilines is 1. The number of rotatable bonds is 9. The fraction of sp³-hybridized carbons (Fsp3) is 0.550. The normalized spacial score (nSPS) is 20.9. The number of carbonyl (C=O) groups is 1. The molecule has 0 aromatic carbocycles. The van der Waals surface area contributed by atoms with Crippen LogP contribution in [0.4, 0.5) is 10.1 Å². The number of hydrogen-bond acceptors (Lipinski definition) is 5. The summed E-state index contributed by atoms with van der Waals surface area (Å²) in [6, 6.07) is -0.0527. The van der Waals surface area contributed by atoms with E-state index in [0.29, 0.717) is 11.6 Å². The van der Waals surface area contributed by atoms with Crippen LogP contribution in [-0.2, 0) is 12.6 Å². The average molecular weight is 547 g/mol. The van der Waals surface area contributed by atoms with Gasteiger partial charge in [-0.05, 0) is 30.7 Å². The molecule has 0 bridgehead atoms. The molecular formula is C20H27FIN5O4. The number of H-pyrrole nitrogens is 1. The van der Waals surface area contributed by atoms with Crippen molar-refractivity contribution in [1.82, 2.24) is 18.3 Å². The molecule has 9 nitrogen and oxygen atoms in total. The van der Waals surface area contributed by atoms with Gasteiger partial charge in [0.15, 0.2) is 0 Å². The van der Waals surface area contributed by atoms with E-state index in [9.17, 15) is 17.0 Å². The number of hydrogen-bond donors (Lipinski definition) is 3. The summed E-state index contributed by atoms with van der Waals surface area (Å²) in [5, 5.41) is 7.06. The average Bonchev–Trinajstić information content (AvgIpc) is 3.21. The minimum Gasteiger partial charge on any atom is -0.382 e. The van der Waals surface area contributed by atoms with Crippen LogP contribution in [0.2, 0.25) is 0 Å². The van der Waals surface area contributed by atoms with E-state index < -0.39 is 44.9 Å². The van der Waals surface area contributed by atoms with Gasteiger partial charge in [-0.1, -0.05) is 19.8 Å². The van der Waals surface area contributed by atoms with Crippen LogP contribution < -0.4 is 14.4 Å². The van der Waals surface area contributed by atoms with E-state index in [0.717, 1.165) is 37.9 Å². The second-order valence-corrected chi connectivity index (χ2v) is 9.02. The van der Waals surface area contributed by atoms with E-state index in [2.05, 4.69) is 25.9 Å². The number of aromatic amines is 1. The molecule has 2 aromatic rings. The number of carbonyl (C=O) groups excluding carboxylic acids is 1. The number of ether oxygens (including phenoxy) is 1. The van der Waals surface area contributed by atoms with E-state index in [4.69, 9.17) is 4.74 Å². The van der Waals surface area contributed by atoms with Crippen LogP contribution in [-0.4, -0.2) is 40.4 Å². The van der Waals surface area contributed by atoms with Gasteiger partial charge in [-0.15, -0.1) is 0 Å².